The van der Waals surface area contributed by atoms with Gasteiger partial charge in [0, 0.05) is 38.6 Å². The van der Waals surface area contributed by atoms with Gasteiger partial charge in [-0.1, -0.05) is 33.8 Å². The van der Waals surface area contributed by atoms with Gasteiger partial charge in [0.1, 0.15) is 0 Å². The van der Waals surface area contributed by atoms with Crippen LogP contribution < -0.4 is 26.3 Å². The van der Waals surface area contributed by atoms with Crippen molar-refractivity contribution >= 4 is 29.7 Å². The molecular formula is C36H61N3O13. The monoisotopic (exact) mass is 743 g/mol. The smallest absolute Gasteiger partial charge is 0.336 e. The summed E-state index contributed by atoms with van der Waals surface area (Å²) in [5.41, 5.74) is 9.45. The van der Waals surface area contributed by atoms with E-state index < -0.39 is 65.7 Å². The molecule has 0 saturated carbocycles. The van der Waals surface area contributed by atoms with Crippen LogP contribution in [0.15, 0.2) is 18.2 Å². The van der Waals surface area contributed by atoms with Gasteiger partial charge in [0.2, 0.25) is 11.8 Å². The second-order valence-corrected chi connectivity index (χ2v) is 14.4. The summed E-state index contributed by atoms with van der Waals surface area (Å²) >= 11 is 0. The Labute approximate surface area is 306 Å². The maximum absolute atomic E-state index is 12.9. The molecule has 52 heavy (non-hydrogen) atoms. The standard InChI is InChI=1S/C30H53N3O6.C6H8O7/c1-19(2)22(14-21-10-11-26(38-8)27(15-21)39-13-9-12-37-7)16-24(31)25(34)17-23(20(3)4)28(35)33-18-30(5,6)29(32)36;7-3(8)1-6(13,5(11)12)2-4(9)10/h10-11,15,19-20,22-25,34H,9,12-14,16-18,31H2,1-8H3,(H2,32,36)(H,33,35);13H,1-2H2,(H,7,8)(H,9,10)(H,11,12)/t22-,23-,24-,25-;/m0./s1. The minimum Gasteiger partial charge on any atom is -0.493 e. The number of methoxy groups -OCH3 is 2. The van der Waals surface area contributed by atoms with Crippen LogP contribution in [0.3, 0.4) is 0 Å². The Bertz CT molecular complexity index is 1290. The van der Waals surface area contributed by atoms with Crippen LogP contribution in [0.4, 0.5) is 0 Å². The Balaban J connectivity index is 0.00000169. The maximum Gasteiger partial charge on any atom is 0.336 e. The average Bonchev–Trinajstić information content (AvgIpc) is 3.03. The minimum absolute atomic E-state index is 0.00829. The number of aliphatic hydroxyl groups is 2. The molecule has 16 heteroatoms. The summed E-state index contributed by atoms with van der Waals surface area (Å²) in [5, 5.41) is 47.7. The molecule has 0 saturated heterocycles. The fraction of sp³-hybridized carbons (Fsp3) is 0.694. The topological polar surface area (TPSA) is 278 Å². The number of amides is 2. The zero-order valence-electron chi connectivity index (χ0n) is 31.7. The van der Waals surface area contributed by atoms with Gasteiger partial charge in [-0.3, -0.25) is 19.2 Å². The van der Waals surface area contributed by atoms with Crippen LogP contribution in [0.5, 0.6) is 11.5 Å². The Kier molecular flexibility index (Phi) is 21.1. The molecule has 0 aliphatic heterocycles. The second kappa shape index (κ2) is 22.8. The van der Waals surface area contributed by atoms with E-state index in [9.17, 15) is 29.1 Å². The van der Waals surface area contributed by atoms with Crippen LogP contribution in [0, 0.1) is 29.1 Å². The van der Waals surface area contributed by atoms with Gasteiger partial charge < -0.3 is 56.5 Å². The first-order valence-electron chi connectivity index (χ1n) is 17.2. The van der Waals surface area contributed by atoms with Crippen molar-refractivity contribution < 1.29 is 63.7 Å². The maximum atomic E-state index is 12.9. The molecule has 10 N–H and O–H groups in total. The number of ether oxygens (including phenoxy) is 3. The lowest BCUT2D eigenvalue weighted by Gasteiger charge is -2.30. The van der Waals surface area contributed by atoms with Crippen molar-refractivity contribution in [2.24, 2.45) is 40.6 Å². The molecule has 0 bridgehead atoms. The van der Waals surface area contributed by atoms with E-state index in [1.165, 1.54) is 0 Å². The minimum atomic E-state index is -2.74. The molecule has 1 rings (SSSR count). The third kappa shape index (κ3) is 17.5. The molecule has 0 radical (unpaired) electrons. The van der Waals surface area contributed by atoms with Gasteiger partial charge >= 0.3 is 17.9 Å². The number of nitrogens with one attached hydrogen (secondary N) is 1. The molecule has 16 nitrogen and oxygen atoms in total. The van der Waals surface area contributed by atoms with E-state index in [1.54, 1.807) is 28.1 Å². The molecule has 0 unspecified atom stereocenters. The van der Waals surface area contributed by atoms with Crippen LogP contribution >= 0.6 is 0 Å². The molecule has 1 aromatic carbocycles. The van der Waals surface area contributed by atoms with Crippen molar-refractivity contribution in [3.8, 4) is 11.5 Å². The van der Waals surface area contributed by atoms with Crippen LogP contribution in [0.1, 0.15) is 79.2 Å². The highest BCUT2D eigenvalue weighted by Crippen LogP contribution is 2.32. The van der Waals surface area contributed by atoms with Crippen molar-refractivity contribution in [2.45, 2.75) is 97.8 Å². The zero-order valence-corrected chi connectivity index (χ0v) is 31.7. The lowest BCUT2D eigenvalue weighted by Crippen LogP contribution is -2.46. The fourth-order valence-corrected chi connectivity index (χ4v) is 5.10. The second-order valence-electron chi connectivity index (χ2n) is 14.4. The molecule has 0 aromatic heterocycles. The molecular weight excluding hydrogens is 682 g/mol. The van der Waals surface area contributed by atoms with Gasteiger partial charge in [-0.25, -0.2) is 4.79 Å². The number of carbonyl (C=O) groups is 5. The van der Waals surface area contributed by atoms with E-state index in [0.717, 1.165) is 18.4 Å². The third-order valence-corrected chi connectivity index (χ3v) is 8.78. The summed E-state index contributed by atoms with van der Waals surface area (Å²) in [6.07, 6.45) is -0.728. The number of carboxylic acid groups (broad SMARTS) is 3. The molecule has 0 aliphatic rings. The van der Waals surface area contributed by atoms with Gasteiger partial charge in [-0.15, -0.1) is 0 Å². The van der Waals surface area contributed by atoms with Crippen LogP contribution in [-0.4, -0.2) is 107 Å². The summed E-state index contributed by atoms with van der Waals surface area (Å²) in [4.78, 5) is 55.0. The predicted octanol–water partition coefficient (Wildman–Crippen LogP) is 2.05. The Morgan fingerprint density at radius 1 is 0.885 bits per heavy atom. The summed E-state index contributed by atoms with van der Waals surface area (Å²) in [6.45, 7) is 12.9. The van der Waals surface area contributed by atoms with Crippen molar-refractivity contribution in [3.05, 3.63) is 23.8 Å². The summed E-state index contributed by atoms with van der Waals surface area (Å²) in [6, 6.07) is 5.47. The molecule has 0 aliphatic carbocycles. The van der Waals surface area contributed by atoms with Gasteiger partial charge in [-0.2, -0.15) is 0 Å². The quantitative estimate of drug-likeness (QED) is 0.0704. The number of hydrogen-bond acceptors (Lipinski definition) is 11. The van der Waals surface area contributed by atoms with Crippen molar-refractivity contribution in [1.82, 2.24) is 5.32 Å². The molecule has 1 aromatic rings. The first-order valence-corrected chi connectivity index (χ1v) is 17.2. The number of aliphatic carboxylic acids is 3. The predicted molar refractivity (Wildman–Crippen MR) is 192 cm³/mol. The Morgan fingerprint density at radius 2 is 1.46 bits per heavy atom. The van der Waals surface area contributed by atoms with Crippen LogP contribution in [0.2, 0.25) is 0 Å². The van der Waals surface area contributed by atoms with Crippen molar-refractivity contribution in [3.63, 3.8) is 0 Å². The van der Waals surface area contributed by atoms with Gasteiger partial charge in [0.15, 0.2) is 17.1 Å². The first kappa shape index (κ1) is 48.0. The normalized spacial score (nSPS) is 14.0. The third-order valence-electron chi connectivity index (χ3n) is 8.78. The van der Waals surface area contributed by atoms with E-state index in [4.69, 9.17) is 46.1 Å². The average molecular weight is 744 g/mol. The Morgan fingerprint density at radius 3 is 1.90 bits per heavy atom. The highest BCUT2D eigenvalue weighted by molar-refractivity contribution is 5.88. The lowest BCUT2D eigenvalue weighted by atomic mass is 9.80. The number of carboxylic acids is 3. The number of aliphatic hydroxyl groups excluding tert-OH is 1. The SMILES string of the molecule is COCCCOc1cc(C[C@@H](C[C@H](N)[C@@H](O)C[C@H](C(=O)NCC(C)(C)C(N)=O)C(C)C)C(C)C)ccc1OC.O=C(O)CC(O)(CC(=O)O)C(=O)O. The van der Waals surface area contributed by atoms with Gasteiger partial charge in [0.05, 0.1) is 38.1 Å². The number of rotatable bonds is 24. The first-order chi connectivity index (χ1) is 24.0. The molecule has 0 spiro atoms. The summed E-state index contributed by atoms with van der Waals surface area (Å²) in [7, 11) is 3.29. The number of hydrogen-bond donors (Lipinski definition) is 8. The lowest BCUT2D eigenvalue weighted by molar-refractivity contribution is -0.170. The molecule has 298 valence electrons. The molecule has 0 heterocycles. The number of primary amides is 1. The van der Waals surface area contributed by atoms with Crippen molar-refractivity contribution in [1.29, 1.82) is 0 Å². The number of benzene rings is 1. The van der Waals surface area contributed by atoms with Gasteiger partial charge in [0.25, 0.3) is 0 Å². The van der Waals surface area contributed by atoms with Crippen LogP contribution in [-0.2, 0) is 35.1 Å². The van der Waals surface area contributed by atoms with Gasteiger partial charge in [-0.05, 0) is 68.6 Å². The van der Waals surface area contributed by atoms with E-state index >= 15 is 0 Å². The highest BCUT2D eigenvalue weighted by atomic mass is 16.5. The molecule has 0 fully saturated rings. The Hall–Kier alpha value is -3.99. The van der Waals surface area contributed by atoms with E-state index in [0.29, 0.717) is 37.1 Å². The molecule has 2 amide bonds. The summed E-state index contributed by atoms with van der Waals surface area (Å²) < 4.78 is 16.5. The van der Waals surface area contributed by atoms with E-state index in [2.05, 4.69) is 19.2 Å². The zero-order chi connectivity index (χ0) is 40.4. The van der Waals surface area contributed by atoms with E-state index in [-0.39, 0.29) is 30.7 Å². The van der Waals surface area contributed by atoms with Crippen LogP contribution in [0.25, 0.3) is 0 Å². The number of carbonyl (C=O) groups excluding carboxylic acids is 2. The largest absolute Gasteiger partial charge is 0.493 e. The van der Waals surface area contributed by atoms with E-state index in [1.807, 2.05) is 32.0 Å². The summed E-state index contributed by atoms with van der Waals surface area (Å²) in [5.74, 6) is -4.23. The fourth-order valence-electron chi connectivity index (χ4n) is 5.10. The molecule has 4 atom stereocenters. The number of nitrogens with two attached hydrogens (primary N) is 2. The van der Waals surface area contributed by atoms with Crippen molar-refractivity contribution in [2.75, 3.05) is 34.0 Å². The highest BCUT2D eigenvalue weighted by Gasteiger charge is 2.41.